The molecular formula is C20H19N3O2S. The number of carbonyl (C=O) groups excluding carboxylic acids is 1. The molecule has 0 amide bonds. The van der Waals surface area contributed by atoms with Crippen molar-refractivity contribution in [3.8, 4) is 11.3 Å². The molecule has 0 saturated carbocycles. The number of aryl methyl sites for hydroxylation is 1. The van der Waals surface area contributed by atoms with E-state index in [1.165, 1.54) is 11.6 Å². The van der Waals surface area contributed by atoms with Crippen LogP contribution in [0.1, 0.15) is 24.2 Å². The van der Waals surface area contributed by atoms with Crippen LogP contribution in [0.25, 0.3) is 11.3 Å². The molecule has 0 unspecified atom stereocenters. The minimum Gasteiger partial charge on any atom is -0.350 e. The molecule has 0 atom stereocenters. The van der Waals surface area contributed by atoms with Crippen LogP contribution < -0.4 is 10.9 Å². The number of benzene rings is 2. The first-order valence-corrected chi connectivity index (χ1v) is 8.73. The van der Waals surface area contributed by atoms with Gasteiger partial charge in [0.05, 0.1) is 5.56 Å². The highest BCUT2D eigenvalue weighted by atomic mass is 32.1. The first-order valence-electron chi connectivity index (χ1n) is 8.28. The van der Waals surface area contributed by atoms with E-state index in [2.05, 4.69) is 23.0 Å². The van der Waals surface area contributed by atoms with Crippen molar-refractivity contribution in [3.05, 3.63) is 70.5 Å². The van der Waals surface area contributed by atoms with E-state index in [1.807, 2.05) is 55.5 Å². The van der Waals surface area contributed by atoms with E-state index in [0.29, 0.717) is 17.9 Å². The molecule has 0 spiro atoms. The van der Waals surface area contributed by atoms with Gasteiger partial charge < -0.3 is 5.32 Å². The molecule has 0 fully saturated rings. The lowest BCUT2D eigenvalue weighted by Gasteiger charge is -2.16. The summed E-state index contributed by atoms with van der Waals surface area (Å²) >= 11 is 4.33. The Morgan fingerprint density at radius 2 is 1.88 bits per heavy atom. The van der Waals surface area contributed by atoms with Crippen LogP contribution in [0.15, 0.2) is 64.3 Å². The van der Waals surface area contributed by atoms with Gasteiger partial charge in [0.15, 0.2) is 5.78 Å². The Morgan fingerprint density at radius 3 is 2.50 bits per heavy atom. The second kappa shape index (κ2) is 7.58. The second-order valence-corrected chi connectivity index (χ2v) is 6.33. The normalized spacial score (nSPS) is 10.6. The number of rotatable bonds is 5. The molecule has 3 aromatic rings. The fourth-order valence-electron chi connectivity index (χ4n) is 2.77. The van der Waals surface area contributed by atoms with Crippen LogP contribution in [-0.4, -0.2) is 15.6 Å². The first-order chi connectivity index (χ1) is 12.5. The highest BCUT2D eigenvalue weighted by Crippen LogP contribution is 2.28. The number of nitrogens with zero attached hydrogens (tertiary/aromatic N) is 2. The number of aromatic nitrogens is 2. The number of hydrogen-bond acceptors (Lipinski definition) is 5. The van der Waals surface area contributed by atoms with E-state index in [1.54, 1.807) is 6.07 Å². The molecule has 2 aromatic carbocycles. The SMILES string of the molecule is CCn1nc(-c2ccccc2)c(C(C)=O)c(Nc2cccc(S)c2)c1=O. The molecule has 0 aliphatic rings. The summed E-state index contributed by atoms with van der Waals surface area (Å²) < 4.78 is 1.36. The summed E-state index contributed by atoms with van der Waals surface area (Å²) in [6.45, 7) is 3.69. The van der Waals surface area contributed by atoms with E-state index in [-0.39, 0.29) is 22.6 Å². The zero-order valence-electron chi connectivity index (χ0n) is 14.6. The topological polar surface area (TPSA) is 64.0 Å². The Kier molecular flexibility index (Phi) is 5.23. The molecular weight excluding hydrogens is 346 g/mol. The Hall–Kier alpha value is -2.86. The van der Waals surface area contributed by atoms with Gasteiger partial charge in [0.25, 0.3) is 5.56 Å². The lowest BCUT2D eigenvalue weighted by Crippen LogP contribution is -2.28. The Labute approximate surface area is 157 Å². The molecule has 0 radical (unpaired) electrons. The molecule has 1 N–H and O–H groups in total. The van der Waals surface area contributed by atoms with E-state index >= 15 is 0 Å². The average molecular weight is 365 g/mol. The molecule has 1 aromatic heterocycles. The molecule has 6 heteroatoms. The third-order valence-electron chi connectivity index (χ3n) is 3.97. The van der Waals surface area contributed by atoms with Crippen LogP contribution in [0.2, 0.25) is 0 Å². The Balaban J connectivity index is 2.27. The second-order valence-electron chi connectivity index (χ2n) is 5.82. The number of thiol groups is 1. The van der Waals surface area contributed by atoms with Crippen molar-refractivity contribution in [1.82, 2.24) is 9.78 Å². The van der Waals surface area contributed by atoms with Crippen molar-refractivity contribution >= 4 is 29.8 Å². The van der Waals surface area contributed by atoms with Crippen molar-refractivity contribution in [3.63, 3.8) is 0 Å². The number of carbonyl (C=O) groups is 1. The smallest absolute Gasteiger partial charge is 0.291 e. The van der Waals surface area contributed by atoms with Gasteiger partial charge in [-0.1, -0.05) is 36.4 Å². The predicted octanol–water partition coefficient (Wildman–Crippen LogP) is 4.17. The van der Waals surface area contributed by atoms with Crippen LogP contribution >= 0.6 is 12.6 Å². The minimum atomic E-state index is -0.332. The van der Waals surface area contributed by atoms with Crippen LogP contribution in [0.5, 0.6) is 0 Å². The monoisotopic (exact) mass is 365 g/mol. The molecule has 0 saturated heterocycles. The highest BCUT2D eigenvalue weighted by Gasteiger charge is 2.21. The summed E-state index contributed by atoms with van der Waals surface area (Å²) in [5.74, 6) is -0.221. The summed E-state index contributed by atoms with van der Waals surface area (Å²) in [6.07, 6.45) is 0. The lowest BCUT2D eigenvalue weighted by molar-refractivity contribution is 0.101. The van der Waals surface area contributed by atoms with E-state index in [0.717, 1.165) is 10.5 Å². The van der Waals surface area contributed by atoms with Crippen LogP contribution in [0.4, 0.5) is 11.4 Å². The molecule has 5 nitrogen and oxygen atoms in total. The summed E-state index contributed by atoms with van der Waals surface area (Å²) in [5.41, 5.74) is 2.14. The molecule has 0 aliphatic carbocycles. The van der Waals surface area contributed by atoms with E-state index in [9.17, 15) is 9.59 Å². The van der Waals surface area contributed by atoms with Gasteiger partial charge in [-0.05, 0) is 32.0 Å². The maximum atomic E-state index is 12.9. The molecule has 0 aliphatic heterocycles. The summed E-state index contributed by atoms with van der Waals surface area (Å²) in [7, 11) is 0. The Morgan fingerprint density at radius 1 is 1.15 bits per heavy atom. The van der Waals surface area contributed by atoms with Gasteiger partial charge in [0.1, 0.15) is 11.4 Å². The molecule has 132 valence electrons. The number of Topliss-reactive ketones (excluding diaryl/α,β-unsaturated/α-hetero) is 1. The summed E-state index contributed by atoms with van der Waals surface area (Å²) in [4.78, 5) is 26.0. The summed E-state index contributed by atoms with van der Waals surface area (Å²) in [5, 5.41) is 7.54. The summed E-state index contributed by atoms with van der Waals surface area (Å²) in [6, 6.07) is 16.7. The fourth-order valence-corrected chi connectivity index (χ4v) is 2.99. The zero-order valence-corrected chi connectivity index (χ0v) is 15.5. The van der Waals surface area contributed by atoms with Crippen LogP contribution in [0, 0.1) is 0 Å². The van der Waals surface area contributed by atoms with Crippen molar-refractivity contribution in [2.45, 2.75) is 25.3 Å². The van der Waals surface area contributed by atoms with Gasteiger partial charge in [0.2, 0.25) is 0 Å². The average Bonchev–Trinajstić information content (AvgIpc) is 2.63. The highest BCUT2D eigenvalue weighted by molar-refractivity contribution is 7.80. The van der Waals surface area contributed by atoms with Gasteiger partial charge >= 0.3 is 0 Å². The maximum Gasteiger partial charge on any atom is 0.291 e. The fraction of sp³-hybridized carbons (Fsp3) is 0.150. The van der Waals surface area contributed by atoms with Gasteiger partial charge in [0, 0.05) is 22.7 Å². The van der Waals surface area contributed by atoms with Crippen molar-refractivity contribution in [2.24, 2.45) is 0 Å². The van der Waals surface area contributed by atoms with Crippen LogP contribution in [-0.2, 0) is 6.54 Å². The quantitative estimate of drug-likeness (QED) is 0.526. The standard InChI is InChI=1S/C20H19N3O2S/c1-3-23-20(25)19(21-15-10-7-11-16(26)12-15)17(13(2)24)18(22-23)14-8-5-4-6-9-14/h4-12,21,26H,3H2,1-2H3. The Bertz CT molecular complexity index is 1010. The van der Waals surface area contributed by atoms with E-state index < -0.39 is 0 Å². The van der Waals surface area contributed by atoms with Crippen molar-refractivity contribution in [1.29, 1.82) is 0 Å². The number of anilines is 2. The van der Waals surface area contributed by atoms with Crippen LogP contribution in [0.3, 0.4) is 0 Å². The number of nitrogens with one attached hydrogen (secondary N) is 1. The van der Waals surface area contributed by atoms with Gasteiger partial charge in [-0.3, -0.25) is 9.59 Å². The first kappa shape index (κ1) is 17.9. The number of hydrogen-bond donors (Lipinski definition) is 2. The third-order valence-corrected chi connectivity index (χ3v) is 4.25. The molecule has 1 heterocycles. The minimum absolute atomic E-state index is 0.221. The van der Waals surface area contributed by atoms with Gasteiger partial charge in [-0.15, -0.1) is 12.6 Å². The molecule has 0 bridgehead atoms. The van der Waals surface area contributed by atoms with Crippen molar-refractivity contribution < 1.29 is 4.79 Å². The maximum absolute atomic E-state index is 12.9. The lowest BCUT2D eigenvalue weighted by atomic mass is 10.0. The largest absolute Gasteiger partial charge is 0.350 e. The van der Waals surface area contributed by atoms with Gasteiger partial charge in [-0.2, -0.15) is 5.10 Å². The predicted molar refractivity (Wildman–Crippen MR) is 107 cm³/mol. The zero-order chi connectivity index (χ0) is 18.7. The molecule has 3 rings (SSSR count). The van der Waals surface area contributed by atoms with E-state index in [4.69, 9.17) is 0 Å². The van der Waals surface area contributed by atoms with Crippen molar-refractivity contribution in [2.75, 3.05) is 5.32 Å². The van der Waals surface area contributed by atoms with Gasteiger partial charge in [-0.25, -0.2) is 4.68 Å². The third kappa shape index (κ3) is 3.55. The molecule has 26 heavy (non-hydrogen) atoms. The number of ketones is 1.